The SMILES string of the molecule is CNN(C=N)CC(O)(CCc1ccc(Cl)cc1)C(C)(C)C. The van der Waals surface area contributed by atoms with Crippen molar-refractivity contribution in [1.82, 2.24) is 10.4 Å². The summed E-state index contributed by atoms with van der Waals surface area (Å²) in [6.45, 7) is 6.43. The second kappa shape index (κ2) is 7.25. The van der Waals surface area contributed by atoms with Gasteiger partial charge in [-0.3, -0.25) is 10.4 Å². The monoisotopic (exact) mass is 311 g/mol. The van der Waals surface area contributed by atoms with Gasteiger partial charge >= 0.3 is 0 Å². The van der Waals surface area contributed by atoms with Gasteiger partial charge in [0.1, 0.15) is 0 Å². The van der Waals surface area contributed by atoms with Gasteiger partial charge in [-0.2, -0.15) is 0 Å². The van der Waals surface area contributed by atoms with Gasteiger partial charge < -0.3 is 5.11 Å². The number of nitrogens with zero attached hydrogens (tertiary/aromatic N) is 1. The summed E-state index contributed by atoms with van der Waals surface area (Å²) in [4.78, 5) is 0. The lowest BCUT2D eigenvalue weighted by Gasteiger charge is -2.43. The van der Waals surface area contributed by atoms with Gasteiger partial charge in [0, 0.05) is 12.1 Å². The van der Waals surface area contributed by atoms with E-state index in [0.29, 0.717) is 13.0 Å². The summed E-state index contributed by atoms with van der Waals surface area (Å²) in [5.41, 5.74) is 2.84. The second-order valence-electron chi connectivity index (χ2n) is 6.39. The molecule has 1 rings (SSSR count). The minimum absolute atomic E-state index is 0.294. The Morgan fingerprint density at radius 2 is 1.86 bits per heavy atom. The number of halogens is 1. The van der Waals surface area contributed by atoms with Crippen molar-refractivity contribution in [3.63, 3.8) is 0 Å². The Labute approximate surface area is 132 Å². The van der Waals surface area contributed by atoms with Crippen molar-refractivity contribution in [2.75, 3.05) is 13.6 Å². The van der Waals surface area contributed by atoms with Gasteiger partial charge in [-0.15, -0.1) is 0 Å². The Kier molecular flexibility index (Phi) is 6.20. The molecule has 0 radical (unpaired) electrons. The highest BCUT2D eigenvalue weighted by atomic mass is 35.5. The molecule has 0 aliphatic heterocycles. The molecule has 1 atom stereocenters. The van der Waals surface area contributed by atoms with E-state index in [-0.39, 0.29) is 5.41 Å². The van der Waals surface area contributed by atoms with Gasteiger partial charge in [-0.25, -0.2) is 5.43 Å². The van der Waals surface area contributed by atoms with Crippen molar-refractivity contribution in [2.45, 2.75) is 39.2 Å². The molecular weight excluding hydrogens is 286 g/mol. The summed E-state index contributed by atoms with van der Waals surface area (Å²) in [6, 6.07) is 7.70. The fourth-order valence-electron chi connectivity index (χ4n) is 2.16. The number of benzene rings is 1. The molecule has 0 saturated heterocycles. The van der Waals surface area contributed by atoms with Crippen LogP contribution in [0.25, 0.3) is 0 Å². The van der Waals surface area contributed by atoms with Crippen LogP contribution < -0.4 is 5.43 Å². The third kappa shape index (κ3) is 4.99. The van der Waals surface area contributed by atoms with E-state index >= 15 is 0 Å². The van der Waals surface area contributed by atoms with Gasteiger partial charge in [0.25, 0.3) is 0 Å². The van der Waals surface area contributed by atoms with Crippen LogP contribution in [0.4, 0.5) is 0 Å². The fourth-order valence-corrected chi connectivity index (χ4v) is 2.29. The van der Waals surface area contributed by atoms with Crippen LogP contribution in [-0.2, 0) is 6.42 Å². The smallest absolute Gasteiger partial charge is 0.0961 e. The lowest BCUT2D eigenvalue weighted by Crippen LogP contribution is -2.54. The van der Waals surface area contributed by atoms with Crippen molar-refractivity contribution in [3.05, 3.63) is 34.9 Å². The third-order valence-electron chi connectivity index (χ3n) is 4.01. The first-order valence-electron chi connectivity index (χ1n) is 7.13. The fraction of sp³-hybridized carbons (Fsp3) is 0.562. The molecule has 0 bridgehead atoms. The molecule has 3 N–H and O–H groups in total. The topological polar surface area (TPSA) is 59.4 Å². The van der Waals surface area contributed by atoms with Gasteiger partial charge in [0.2, 0.25) is 0 Å². The number of hydrazine groups is 1. The zero-order valence-corrected chi connectivity index (χ0v) is 14.0. The van der Waals surface area contributed by atoms with E-state index in [1.165, 1.54) is 6.34 Å². The molecule has 0 aliphatic carbocycles. The number of hydrogen-bond donors (Lipinski definition) is 3. The Hall–Kier alpha value is -1.10. The highest BCUT2D eigenvalue weighted by Gasteiger charge is 2.40. The molecule has 1 aromatic carbocycles. The summed E-state index contributed by atoms with van der Waals surface area (Å²) in [7, 11) is 1.74. The van der Waals surface area contributed by atoms with Crippen LogP contribution >= 0.6 is 11.6 Å². The van der Waals surface area contributed by atoms with E-state index < -0.39 is 5.60 Å². The number of hydrogen-bond acceptors (Lipinski definition) is 3. The van der Waals surface area contributed by atoms with Gasteiger partial charge in [0.15, 0.2) is 0 Å². The Balaban J connectivity index is 2.83. The molecule has 0 spiro atoms. The number of aryl methyl sites for hydroxylation is 1. The predicted octanol–water partition coefficient (Wildman–Crippen LogP) is 3.09. The quantitative estimate of drug-likeness (QED) is 0.412. The second-order valence-corrected chi connectivity index (χ2v) is 6.83. The highest BCUT2D eigenvalue weighted by Crippen LogP contribution is 2.34. The molecule has 4 nitrogen and oxygen atoms in total. The van der Waals surface area contributed by atoms with Gasteiger partial charge in [-0.05, 0) is 36.0 Å². The van der Waals surface area contributed by atoms with E-state index in [4.69, 9.17) is 17.0 Å². The molecule has 1 unspecified atom stereocenters. The molecule has 118 valence electrons. The summed E-state index contributed by atoms with van der Waals surface area (Å²) in [6.07, 6.45) is 2.57. The molecule has 1 aromatic rings. The summed E-state index contributed by atoms with van der Waals surface area (Å²) in [5.74, 6) is 0. The molecule has 0 fully saturated rings. The summed E-state index contributed by atoms with van der Waals surface area (Å²) in [5, 5.41) is 20.8. The summed E-state index contributed by atoms with van der Waals surface area (Å²) < 4.78 is 0. The van der Waals surface area contributed by atoms with Crippen molar-refractivity contribution >= 4 is 17.9 Å². The van der Waals surface area contributed by atoms with E-state index in [1.54, 1.807) is 12.1 Å². The van der Waals surface area contributed by atoms with Crippen LogP contribution in [-0.4, -0.2) is 35.6 Å². The largest absolute Gasteiger partial charge is 0.387 e. The molecule has 0 amide bonds. The first kappa shape index (κ1) is 18.0. The van der Waals surface area contributed by atoms with Crippen LogP contribution in [0, 0.1) is 10.8 Å². The average molecular weight is 312 g/mol. The first-order chi connectivity index (χ1) is 9.71. The average Bonchev–Trinajstić information content (AvgIpc) is 2.43. The van der Waals surface area contributed by atoms with E-state index in [1.807, 2.05) is 45.0 Å². The minimum Gasteiger partial charge on any atom is -0.387 e. The maximum Gasteiger partial charge on any atom is 0.0961 e. The Morgan fingerprint density at radius 3 is 2.29 bits per heavy atom. The first-order valence-corrected chi connectivity index (χ1v) is 7.51. The molecule has 5 heteroatoms. The summed E-state index contributed by atoms with van der Waals surface area (Å²) >= 11 is 5.89. The minimum atomic E-state index is -0.910. The number of aliphatic hydroxyl groups is 1. The standard InChI is InChI=1S/C16H26ClN3O/c1-15(2,3)16(21,11-20(12-18)19-4)10-9-13-5-7-14(17)8-6-13/h5-8,12,18-19,21H,9-11H2,1-4H3. The third-order valence-corrected chi connectivity index (χ3v) is 4.26. The molecular formula is C16H26ClN3O. The van der Waals surface area contributed by atoms with E-state index in [0.717, 1.165) is 17.0 Å². The number of nitrogens with one attached hydrogen (secondary N) is 2. The van der Waals surface area contributed by atoms with Crippen LogP contribution in [0.3, 0.4) is 0 Å². The molecule has 21 heavy (non-hydrogen) atoms. The van der Waals surface area contributed by atoms with E-state index in [2.05, 4.69) is 5.43 Å². The number of rotatable bonds is 7. The molecule has 0 heterocycles. The van der Waals surface area contributed by atoms with Crippen LogP contribution in [0.15, 0.2) is 24.3 Å². The highest BCUT2D eigenvalue weighted by molar-refractivity contribution is 6.30. The normalized spacial score (nSPS) is 14.6. The molecule has 0 saturated carbocycles. The van der Waals surface area contributed by atoms with Crippen LogP contribution in [0.2, 0.25) is 5.02 Å². The van der Waals surface area contributed by atoms with Crippen molar-refractivity contribution in [2.24, 2.45) is 5.41 Å². The van der Waals surface area contributed by atoms with Gasteiger partial charge in [-0.1, -0.05) is 44.5 Å². The lowest BCUT2D eigenvalue weighted by molar-refractivity contribution is -0.0803. The zero-order chi connectivity index (χ0) is 16.1. The van der Waals surface area contributed by atoms with Gasteiger partial charge in [0.05, 0.1) is 18.5 Å². The van der Waals surface area contributed by atoms with Crippen LogP contribution in [0.5, 0.6) is 0 Å². The maximum absolute atomic E-state index is 11.1. The Morgan fingerprint density at radius 1 is 1.29 bits per heavy atom. The maximum atomic E-state index is 11.1. The zero-order valence-electron chi connectivity index (χ0n) is 13.3. The molecule has 0 aliphatic rings. The van der Waals surface area contributed by atoms with Crippen LogP contribution in [0.1, 0.15) is 32.8 Å². The van der Waals surface area contributed by atoms with Crippen molar-refractivity contribution in [3.8, 4) is 0 Å². The van der Waals surface area contributed by atoms with E-state index in [9.17, 15) is 5.11 Å². The molecule has 0 aromatic heterocycles. The Bertz CT molecular complexity index is 456. The van der Waals surface area contributed by atoms with Crippen molar-refractivity contribution in [1.29, 1.82) is 5.41 Å². The lowest BCUT2D eigenvalue weighted by atomic mass is 9.73. The predicted molar refractivity (Wildman–Crippen MR) is 88.7 cm³/mol. The van der Waals surface area contributed by atoms with Crippen molar-refractivity contribution < 1.29 is 5.11 Å².